The fourth-order valence-corrected chi connectivity index (χ4v) is 2.08. The molecule has 0 saturated heterocycles. The maximum Gasteiger partial charge on any atom is 0.264 e. The first-order valence-corrected chi connectivity index (χ1v) is 5.84. The summed E-state index contributed by atoms with van der Waals surface area (Å²) in [6, 6.07) is 0. The first-order valence-electron chi connectivity index (χ1n) is 4.02. The molecule has 0 aromatic rings. The summed E-state index contributed by atoms with van der Waals surface area (Å²) in [4.78, 5) is 0. The van der Waals surface area contributed by atoms with Gasteiger partial charge in [0.15, 0.2) is 0 Å². The highest BCUT2D eigenvalue weighted by atomic mass is 32.2. The smallest absolute Gasteiger partial charge is 0.264 e. The van der Waals surface area contributed by atoms with Crippen molar-refractivity contribution < 1.29 is 12.6 Å². The van der Waals surface area contributed by atoms with E-state index in [-0.39, 0.29) is 6.10 Å². The van der Waals surface area contributed by atoms with E-state index >= 15 is 0 Å². The van der Waals surface area contributed by atoms with Gasteiger partial charge in [-0.2, -0.15) is 8.42 Å². The molecule has 2 atom stereocenters. The maximum absolute atomic E-state index is 10.7. The van der Waals surface area contributed by atoms with Gasteiger partial charge < -0.3 is 0 Å². The van der Waals surface area contributed by atoms with Crippen LogP contribution in [0.15, 0.2) is 12.7 Å². The zero-order valence-electron chi connectivity index (χ0n) is 7.19. The van der Waals surface area contributed by atoms with Crippen molar-refractivity contribution in [3.05, 3.63) is 12.7 Å². The van der Waals surface area contributed by atoms with Crippen molar-refractivity contribution >= 4 is 10.1 Å². The molecule has 1 aliphatic carbocycles. The fourth-order valence-electron chi connectivity index (χ4n) is 1.37. The van der Waals surface area contributed by atoms with Gasteiger partial charge in [-0.3, -0.25) is 4.18 Å². The summed E-state index contributed by atoms with van der Waals surface area (Å²) < 4.78 is 26.3. The Kier molecular flexibility index (Phi) is 2.90. The zero-order valence-corrected chi connectivity index (χ0v) is 8.01. The van der Waals surface area contributed by atoms with Crippen LogP contribution in [-0.2, 0) is 14.3 Å². The Bertz CT molecular complexity index is 255. The van der Waals surface area contributed by atoms with Crippen LogP contribution in [0.2, 0.25) is 0 Å². The summed E-state index contributed by atoms with van der Waals surface area (Å²) in [6.07, 6.45) is 5.55. The Hall–Kier alpha value is -0.350. The van der Waals surface area contributed by atoms with Crippen molar-refractivity contribution in [3.63, 3.8) is 0 Å². The van der Waals surface area contributed by atoms with Gasteiger partial charge in [0.25, 0.3) is 10.1 Å². The minimum Gasteiger partial charge on any atom is -0.267 e. The van der Waals surface area contributed by atoms with E-state index in [0.717, 1.165) is 25.5 Å². The van der Waals surface area contributed by atoms with Gasteiger partial charge in [0.1, 0.15) is 0 Å². The van der Waals surface area contributed by atoms with Crippen molar-refractivity contribution in [2.75, 3.05) is 6.26 Å². The molecule has 1 aliphatic rings. The lowest BCUT2D eigenvalue weighted by Gasteiger charge is -2.34. The second-order valence-corrected chi connectivity index (χ2v) is 4.80. The summed E-state index contributed by atoms with van der Waals surface area (Å²) in [6.45, 7) is 3.61. The molecule has 3 nitrogen and oxygen atoms in total. The van der Waals surface area contributed by atoms with Crippen LogP contribution in [0.5, 0.6) is 0 Å². The van der Waals surface area contributed by atoms with E-state index < -0.39 is 10.1 Å². The van der Waals surface area contributed by atoms with Crippen LogP contribution in [0.1, 0.15) is 19.3 Å². The van der Waals surface area contributed by atoms with Gasteiger partial charge in [0.05, 0.1) is 12.4 Å². The first-order chi connectivity index (χ1) is 5.53. The van der Waals surface area contributed by atoms with Gasteiger partial charge in [0, 0.05) is 0 Å². The fraction of sp³-hybridized carbons (Fsp3) is 0.750. The third-order valence-corrected chi connectivity index (χ3v) is 2.71. The average Bonchev–Trinajstić information content (AvgIpc) is 1.92. The van der Waals surface area contributed by atoms with Crippen LogP contribution < -0.4 is 0 Å². The van der Waals surface area contributed by atoms with Crippen molar-refractivity contribution in [1.29, 1.82) is 0 Å². The van der Waals surface area contributed by atoms with Crippen molar-refractivity contribution in [1.82, 2.24) is 0 Å². The van der Waals surface area contributed by atoms with Crippen molar-refractivity contribution in [2.24, 2.45) is 5.92 Å². The highest BCUT2D eigenvalue weighted by Crippen LogP contribution is 2.33. The van der Waals surface area contributed by atoms with Crippen molar-refractivity contribution in [2.45, 2.75) is 25.4 Å². The lowest BCUT2D eigenvalue weighted by molar-refractivity contribution is 0.0553. The summed E-state index contributed by atoms with van der Waals surface area (Å²) >= 11 is 0. The lowest BCUT2D eigenvalue weighted by atomic mass is 9.80. The molecule has 1 rings (SSSR count). The minimum atomic E-state index is -3.27. The number of allylic oxidation sites excluding steroid dienone is 1. The van der Waals surface area contributed by atoms with E-state index in [1.54, 1.807) is 0 Å². The molecule has 0 spiro atoms. The Balaban J connectivity index is 2.40. The van der Waals surface area contributed by atoms with Crippen LogP contribution >= 0.6 is 0 Å². The maximum atomic E-state index is 10.7. The quantitative estimate of drug-likeness (QED) is 0.496. The summed E-state index contributed by atoms with van der Waals surface area (Å²) in [5, 5.41) is 0. The molecule has 4 heteroatoms. The van der Waals surface area contributed by atoms with E-state index in [2.05, 4.69) is 6.58 Å². The number of hydrogen-bond donors (Lipinski definition) is 0. The molecule has 0 bridgehead atoms. The van der Waals surface area contributed by atoms with Gasteiger partial charge in [0.2, 0.25) is 0 Å². The van der Waals surface area contributed by atoms with Crippen LogP contribution in [-0.4, -0.2) is 20.8 Å². The summed E-state index contributed by atoms with van der Waals surface area (Å²) in [5.41, 5.74) is 0. The summed E-state index contributed by atoms with van der Waals surface area (Å²) in [5.74, 6) is 0.359. The second-order valence-electron chi connectivity index (χ2n) is 3.20. The number of rotatable bonds is 4. The Labute approximate surface area is 73.5 Å². The number of hydrogen-bond acceptors (Lipinski definition) is 3. The first kappa shape index (κ1) is 9.74. The molecule has 1 fully saturated rings. The van der Waals surface area contributed by atoms with E-state index in [9.17, 15) is 8.42 Å². The van der Waals surface area contributed by atoms with E-state index in [1.165, 1.54) is 0 Å². The topological polar surface area (TPSA) is 43.4 Å². The SMILES string of the molecule is C=CCC1CCC1OS(C)(=O)=O. The highest BCUT2D eigenvalue weighted by molar-refractivity contribution is 7.86. The molecule has 0 N–H and O–H groups in total. The Morgan fingerprint density at radius 1 is 1.58 bits per heavy atom. The van der Waals surface area contributed by atoms with Gasteiger partial charge >= 0.3 is 0 Å². The molecule has 70 valence electrons. The van der Waals surface area contributed by atoms with Gasteiger partial charge in [-0.15, -0.1) is 6.58 Å². The molecule has 0 heterocycles. The Morgan fingerprint density at radius 2 is 2.25 bits per heavy atom. The van der Waals surface area contributed by atoms with Crippen LogP contribution in [0.3, 0.4) is 0 Å². The monoisotopic (exact) mass is 190 g/mol. The Morgan fingerprint density at radius 3 is 2.58 bits per heavy atom. The van der Waals surface area contributed by atoms with Gasteiger partial charge in [-0.25, -0.2) is 0 Å². The molecule has 0 aliphatic heterocycles. The standard InChI is InChI=1S/C8H14O3S/c1-3-4-7-5-6-8(7)11-12(2,9)10/h3,7-8H,1,4-6H2,2H3. The molecule has 1 saturated carbocycles. The minimum absolute atomic E-state index is 0.0991. The molecular formula is C8H14O3S. The van der Waals surface area contributed by atoms with E-state index in [4.69, 9.17) is 4.18 Å². The molecule has 2 unspecified atom stereocenters. The third kappa shape index (κ3) is 2.60. The molecule has 0 aromatic heterocycles. The summed E-state index contributed by atoms with van der Waals surface area (Å²) in [7, 11) is -3.27. The van der Waals surface area contributed by atoms with Gasteiger partial charge in [-0.1, -0.05) is 6.08 Å². The predicted octanol–water partition coefficient (Wildman–Crippen LogP) is 1.32. The van der Waals surface area contributed by atoms with E-state index in [0.29, 0.717) is 5.92 Å². The van der Waals surface area contributed by atoms with Crippen molar-refractivity contribution in [3.8, 4) is 0 Å². The van der Waals surface area contributed by atoms with E-state index in [1.807, 2.05) is 6.08 Å². The molecule has 0 amide bonds. The molecule has 0 aromatic carbocycles. The highest BCUT2D eigenvalue weighted by Gasteiger charge is 2.33. The third-order valence-electron chi connectivity index (χ3n) is 2.12. The normalized spacial score (nSPS) is 29.4. The zero-order chi connectivity index (χ0) is 9.19. The molecular weight excluding hydrogens is 176 g/mol. The van der Waals surface area contributed by atoms with Crippen LogP contribution in [0, 0.1) is 5.92 Å². The molecule has 12 heavy (non-hydrogen) atoms. The average molecular weight is 190 g/mol. The largest absolute Gasteiger partial charge is 0.267 e. The second kappa shape index (κ2) is 3.58. The van der Waals surface area contributed by atoms with Crippen LogP contribution in [0.4, 0.5) is 0 Å². The van der Waals surface area contributed by atoms with Gasteiger partial charge in [-0.05, 0) is 25.2 Å². The predicted molar refractivity (Wildman–Crippen MR) is 47.3 cm³/mol. The van der Waals surface area contributed by atoms with Crippen LogP contribution in [0.25, 0.3) is 0 Å². The lowest BCUT2D eigenvalue weighted by Crippen LogP contribution is -2.35. The molecule has 0 radical (unpaired) electrons.